The number of thiol groups is 2. The first-order chi connectivity index (χ1) is 20.1. The Bertz CT molecular complexity index is 568. The predicted octanol–water partition coefficient (Wildman–Crippen LogP) is 7.96. The summed E-state index contributed by atoms with van der Waals surface area (Å²) in [4.78, 5) is 45.3. The monoisotopic (exact) mass is 760 g/mol. The number of hydrogen-bond acceptors (Lipinski definition) is 10. The van der Waals surface area contributed by atoms with Crippen LogP contribution >= 0.6 is 25.3 Å². The van der Waals surface area contributed by atoms with E-state index in [0.29, 0.717) is 26.4 Å². The number of carbonyl (C=O) groups is 4. The summed E-state index contributed by atoms with van der Waals surface area (Å²) >= 11 is 8.07. The van der Waals surface area contributed by atoms with Gasteiger partial charge in [-0.3, -0.25) is 19.2 Å². The summed E-state index contributed by atoms with van der Waals surface area (Å²) in [6.45, 7) is 18.4. The molecule has 0 rings (SSSR count). The second-order valence-electron chi connectivity index (χ2n) is 9.63. The Morgan fingerprint density at radius 1 is 0.442 bits per heavy atom. The topological polar surface area (TPSA) is 105 Å². The van der Waals surface area contributed by atoms with E-state index in [9.17, 15) is 19.2 Å². The van der Waals surface area contributed by atoms with Crippen LogP contribution in [0.4, 0.5) is 0 Å². The van der Waals surface area contributed by atoms with Crippen LogP contribution in [0, 0.1) is 0 Å². The molecule has 0 aromatic rings. The van der Waals surface area contributed by atoms with E-state index < -0.39 is 34.4 Å². The molecule has 0 aliphatic carbocycles. The summed E-state index contributed by atoms with van der Waals surface area (Å²) in [7, 11) is 0. The summed E-state index contributed by atoms with van der Waals surface area (Å²) in [5, 5.41) is -1.44. The number of ether oxygens (including phenoxy) is 4. The van der Waals surface area contributed by atoms with Crippen molar-refractivity contribution >= 4 is 73.0 Å². The average Bonchev–Trinajstić information content (AvgIpc) is 2.98. The molecule has 256 valence electrons. The fraction of sp³-hybridized carbons (Fsp3) is 0.875. The molecule has 0 spiro atoms. The van der Waals surface area contributed by atoms with E-state index in [2.05, 4.69) is 53.0 Å². The molecule has 0 N–H and O–H groups in total. The molecule has 0 heterocycles. The van der Waals surface area contributed by atoms with Crippen LogP contribution in [0.25, 0.3) is 0 Å². The Balaban J connectivity index is -0.000000175. The van der Waals surface area contributed by atoms with Gasteiger partial charge in [0.25, 0.3) is 0 Å². The van der Waals surface area contributed by atoms with Gasteiger partial charge in [-0.25, -0.2) is 0 Å². The summed E-state index contributed by atoms with van der Waals surface area (Å²) in [5.74, 6) is -1.69. The molecule has 0 amide bonds. The number of carbonyl (C=O) groups excluding carboxylic acids is 4. The number of unbranched alkanes of at least 4 members (excludes halogenated alkanes) is 6. The molecule has 0 bridgehead atoms. The minimum absolute atomic E-state index is 0. The van der Waals surface area contributed by atoms with Crippen LogP contribution in [-0.4, -0.2) is 84.7 Å². The zero-order valence-electron chi connectivity index (χ0n) is 28.5. The Morgan fingerprint density at radius 3 is 0.884 bits per heavy atom. The van der Waals surface area contributed by atoms with Gasteiger partial charge in [0.05, 0.1) is 39.3 Å². The fourth-order valence-electron chi connectivity index (χ4n) is 2.09. The molecule has 4 radical (unpaired) electrons. The molecule has 0 aromatic carbocycles. The molecule has 0 saturated carbocycles. The molecule has 43 heavy (non-hydrogen) atoms. The van der Waals surface area contributed by atoms with Crippen molar-refractivity contribution in [2.75, 3.05) is 26.4 Å². The molecule has 0 aliphatic rings. The van der Waals surface area contributed by atoms with Gasteiger partial charge in [-0.05, 0) is 25.7 Å². The third-order valence-corrected chi connectivity index (χ3v) is 6.06. The third-order valence-electron chi connectivity index (χ3n) is 5.27. The molecule has 2 unspecified atom stereocenters. The third kappa shape index (κ3) is 45.9. The second-order valence-corrected chi connectivity index (χ2v) is 10.9. The molecule has 0 saturated heterocycles. The Hall–Kier alpha value is -0.621. The number of esters is 4. The first kappa shape index (κ1) is 51.9. The van der Waals surface area contributed by atoms with Gasteiger partial charge in [-0.1, -0.05) is 107 Å². The van der Waals surface area contributed by atoms with Crippen LogP contribution in [0.5, 0.6) is 0 Å². The molecule has 0 aliphatic heterocycles. The molecule has 0 fully saturated rings. The van der Waals surface area contributed by atoms with Crippen molar-refractivity contribution in [1.82, 2.24) is 0 Å². The number of hydrogen-bond donors (Lipinski definition) is 2. The van der Waals surface area contributed by atoms with Gasteiger partial charge in [-0.15, -0.1) is 0 Å². The SMILES string of the molecule is CCCC.CCCC.CCCCOC(=O)CC(S)C(=O)OCCCC.CCCCOC(=O)CC(S)C(=O)OCCCC.[Sn]. The van der Waals surface area contributed by atoms with Crippen LogP contribution in [-0.2, 0) is 38.1 Å². The van der Waals surface area contributed by atoms with Crippen LogP contribution in [0.2, 0.25) is 0 Å². The largest absolute Gasteiger partial charge is 0.466 e. The Morgan fingerprint density at radius 2 is 0.674 bits per heavy atom. The smallest absolute Gasteiger partial charge is 0.319 e. The van der Waals surface area contributed by atoms with Crippen molar-refractivity contribution in [2.45, 2.75) is 156 Å². The zero-order valence-corrected chi connectivity index (χ0v) is 33.2. The van der Waals surface area contributed by atoms with Crippen LogP contribution in [0.15, 0.2) is 0 Å². The predicted molar refractivity (Wildman–Crippen MR) is 185 cm³/mol. The van der Waals surface area contributed by atoms with E-state index in [0.717, 1.165) is 51.4 Å². The number of rotatable bonds is 20. The van der Waals surface area contributed by atoms with Gasteiger partial charge in [0.2, 0.25) is 0 Å². The first-order valence-corrected chi connectivity index (χ1v) is 17.1. The second kappa shape index (κ2) is 43.5. The molecular formula is C32H64O8S2Sn. The molecule has 0 aromatic heterocycles. The minimum atomic E-state index is -0.721. The van der Waals surface area contributed by atoms with E-state index >= 15 is 0 Å². The summed E-state index contributed by atoms with van der Waals surface area (Å²) in [6, 6.07) is 0. The zero-order chi connectivity index (χ0) is 33.0. The van der Waals surface area contributed by atoms with Crippen molar-refractivity contribution in [3.8, 4) is 0 Å². The van der Waals surface area contributed by atoms with E-state index in [4.69, 9.17) is 18.9 Å². The minimum Gasteiger partial charge on any atom is -0.466 e. The van der Waals surface area contributed by atoms with Crippen LogP contribution in [0.3, 0.4) is 0 Å². The molecule has 11 heteroatoms. The van der Waals surface area contributed by atoms with Crippen molar-refractivity contribution in [1.29, 1.82) is 0 Å². The van der Waals surface area contributed by atoms with Crippen LogP contribution < -0.4 is 0 Å². The van der Waals surface area contributed by atoms with Gasteiger partial charge >= 0.3 is 23.9 Å². The van der Waals surface area contributed by atoms with Crippen molar-refractivity contribution in [3.05, 3.63) is 0 Å². The van der Waals surface area contributed by atoms with Crippen molar-refractivity contribution < 1.29 is 38.1 Å². The van der Waals surface area contributed by atoms with Crippen molar-refractivity contribution in [2.24, 2.45) is 0 Å². The molecular weight excluding hydrogens is 695 g/mol. The molecule has 2 atom stereocenters. The Kier molecular flexibility index (Phi) is 52.5. The first-order valence-electron chi connectivity index (χ1n) is 16.1. The maximum atomic E-state index is 11.4. The quantitative estimate of drug-likeness (QED) is 0.0424. The summed E-state index contributed by atoms with van der Waals surface area (Å²) < 4.78 is 19.8. The van der Waals surface area contributed by atoms with Crippen LogP contribution in [0.1, 0.15) is 145 Å². The summed E-state index contributed by atoms with van der Waals surface area (Å²) in [6.07, 6.45) is 12.4. The molecule has 8 nitrogen and oxygen atoms in total. The van der Waals surface area contributed by atoms with Crippen molar-refractivity contribution in [3.63, 3.8) is 0 Å². The van der Waals surface area contributed by atoms with E-state index in [-0.39, 0.29) is 36.7 Å². The Labute approximate surface area is 292 Å². The standard InChI is InChI=1S/2C12H22O4S.2C4H10.Sn/c2*1-3-5-7-15-11(13)9-10(17)12(14)16-8-6-4-2;2*1-3-4-2;/h2*10,17H,3-9H2,1-2H3;2*3-4H2,1-2H3;. The van der Waals surface area contributed by atoms with E-state index in [1.807, 2.05) is 27.7 Å². The average molecular weight is 760 g/mol. The van der Waals surface area contributed by atoms with Gasteiger partial charge in [0.15, 0.2) is 0 Å². The van der Waals surface area contributed by atoms with E-state index in [1.165, 1.54) is 25.7 Å². The van der Waals surface area contributed by atoms with E-state index in [1.54, 1.807) is 0 Å². The summed E-state index contributed by atoms with van der Waals surface area (Å²) in [5.41, 5.74) is 0. The van der Waals surface area contributed by atoms with Gasteiger partial charge < -0.3 is 18.9 Å². The normalized spacial score (nSPS) is 10.8. The van der Waals surface area contributed by atoms with Gasteiger partial charge in [-0.2, -0.15) is 25.3 Å². The fourth-order valence-corrected chi connectivity index (χ4v) is 2.53. The maximum Gasteiger partial charge on any atom is 0.319 e. The van der Waals surface area contributed by atoms with Gasteiger partial charge in [0.1, 0.15) is 10.5 Å². The van der Waals surface area contributed by atoms with Gasteiger partial charge in [0, 0.05) is 23.9 Å². The maximum absolute atomic E-state index is 11.4.